The van der Waals surface area contributed by atoms with Crippen molar-refractivity contribution in [1.82, 2.24) is 9.88 Å². The van der Waals surface area contributed by atoms with Crippen molar-refractivity contribution in [2.45, 2.75) is 53.1 Å². The summed E-state index contributed by atoms with van der Waals surface area (Å²) in [7, 11) is 0. The maximum absolute atomic E-state index is 12.7. The summed E-state index contributed by atoms with van der Waals surface area (Å²) in [6.07, 6.45) is 7.39. The molecule has 0 saturated carbocycles. The van der Waals surface area contributed by atoms with E-state index in [0.717, 1.165) is 33.7 Å². The number of aromatic nitrogens is 1. The van der Waals surface area contributed by atoms with Gasteiger partial charge in [-0.05, 0) is 62.6 Å². The number of allylic oxidation sites excluding steroid dienone is 3. The number of rotatable bonds is 8. The number of oxazole rings is 1. The quantitative estimate of drug-likeness (QED) is 0.331. The molecule has 0 saturated heterocycles. The van der Waals surface area contributed by atoms with Crippen LogP contribution in [0.15, 0.2) is 65.1 Å². The molecule has 4 rings (SSSR count). The average Bonchev–Trinajstić information content (AvgIpc) is 3.23. The molecule has 0 bridgehead atoms. The van der Waals surface area contributed by atoms with Crippen molar-refractivity contribution in [1.29, 1.82) is 0 Å². The van der Waals surface area contributed by atoms with Crippen LogP contribution in [0.5, 0.6) is 5.75 Å². The fourth-order valence-electron chi connectivity index (χ4n) is 4.54. The SMILES string of the molecule is C/C=C/C=C/C(=O)N1Cc2cc(OCCc3nc(-c4ccc(C)cc4C)oc3C)ccc2C[C@H]1C(=O)O. The third-order valence-corrected chi connectivity index (χ3v) is 6.53. The lowest BCUT2D eigenvalue weighted by Crippen LogP contribution is -2.48. The molecule has 7 nitrogen and oxygen atoms in total. The molecule has 2 heterocycles. The number of benzene rings is 2. The Hall–Kier alpha value is -4.13. The summed E-state index contributed by atoms with van der Waals surface area (Å²) >= 11 is 0. The number of ether oxygens (including phenoxy) is 1. The Balaban J connectivity index is 1.44. The van der Waals surface area contributed by atoms with E-state index >= 15 is 0 Å². The van der Waals surface area contributed by atoms with Crippen LogP contribution < -0.4 is 4.74 Å². The van der Waals surface area contributed by atoms with E-state index in [-0.39, 0.29) is 18.9 Å². The highest BCUT2D eigenvalue weighted by molar-refractivity contribution is 5.92. The number of carboxylic acids is 1. The van der Waals surface area contributed by atoms with E-state index in [4.69, 9.17) is 14.1 Å². The number of nitrogens with zero attached hydrogens (tertiary/aromatic N) is 2. The zero-order valence-corrected chi connectivity index (χ0v) is 21.7. The number of aliphatic carboxylic acids is 1. The molecule has 192 valence electrons. The van der Waals surface area contributed by atoms with Crippen LogP contribution >= 0.6 is 0 Å². The molecule has 0 aliphatic carbocycles. The smallest absolute Gasteiger partial charge is 0.326 e. The molecule has 37 heavy (non-hydrogen) atoms. The zero-order valence-electron chi connectivity index (χ0n) is 21.7. The van der Waals surface area contributed by atoms with E-state index in [2.05, 4.69) is 13.0 Å². The Morgan fingerprint density at radius 2 is 1.95 bits per heavy atom. The van der Waals surface area contributed by atoms with Crippen LogP contribution in [0.3, 0.4) is 0 Å². The number of hydrogen-bond donors (Lipinski definition) is 1. The second-order valence-electron chi connectivity index (χ2n) is 9.28. The summed E-state index contributed by atoms with van der Waals surface area (Å²) in [5.41, 5.74) is 5.94. The highest BCUT2D eigenvalue weighted by Crippen LogP contribution is 2.29. The first-order chi connectivity index (χ1) is 17.8. The largest absolute Gasteiger partial charge is 0.493 e. The van der Waals surface area contributed by atoms with Crippen LogP contribution in [0.2, 0.25) is 0 Å². The fourth-order valence-corrected chi connectivity index (χ4v) is 4.54. The third kappa shape index (κ3) is 6.00. The summed E-state index contributed by atoms with van der Waals surface area (Å²) in [5.74, 6) is 0.703. The van der Waals surface area contributed by atoms with E-state index in [1.54, 1.807) is 18.2 Å². The van der Waals surface area contributed by atoms with E-state index in [1.165, 1.54) is 16.5 Å². The number of aryl methyl sites for hydroxylation is 3. The van der Waals surface area contributed by atoms with Gasteiger partial charge in [-0.2, -0.15) is 0 Å². The molecule has 1 aliphatic heterocycles. The molecule has 3 aromatic rings. The van der Waals surface area contributed by atoms with Gasteiger partial charge in [0.1, 0.15) is 17.6 Å². The summed E-state index contributed by atoms with van der Waals surface area (Å²) in [5, 5.41) is 9.69. The van der Waals surface area contributed by atoms with Crippen molar-refractivity contribution in [2.24, 2.45) is 0 Å². The summed E-state index contributed by atoms with van der Waals surface area (Å²) in [6.45, 7) is 8.48. The minimum Gasteiger partial charge on any atom is -0.493 e. The number of carbonyl (C=O) groups excluding carboxylic acids is 1. The van der Waals surface area contributed by atoms with Gasteiger partial charge in [-0.3, -0.25) is 4.79 Å². The van der Waals surface area contributed by atoms with Crippen LogP contribution in [0.1, 0.15) is 40.6 Å². The number of carbonyl (C=O) groups is 2. The predicted octanol–water partition coefficient (Wildman–Crippen LogP) is 5.36. The molecule has 2 aromatic carbocycles. The van der Waals surface area contributed by atoms with Crippen molar-refractivity contribution < 1.29 is 23.8 Å². The van der Waals surface area contributed by atoms with Crippen LogP contribution in [-0.2, 0) is 29.0 Å². The van der Waals surface area contributed by atoms with Crippen LogP contribution in [0.4, 0.5) is 0 Å². The van der Waals surface area contributed by atoms with Gasteiger partial charge in [0.05, 0.1) is 12.3 Å². The first kappa shape index (κ1) is 25.9. The second kappa shape index (κ2) is 11.3. The van der Waals surface area contributed by atoms with Gasteiger partial charge in [-0.15, -0.1) is 0 Å². The van der Waals surface area contributed by atoms with E-state index in [1.807, 2.05) is 51.1 Å². The molecule has 1 atom stereocenters. The Morgan fingerprint density at radius 3 is 2.68 bits per heavy atom. The minimum absolute atomic E-state index is 0.212. The van der Waals surface area contributed by atoms with E-state index in [9.17, 15) is 14.7 Å². The summed E-state index contributed by atoms with van der Waals surface area (Å²) in [6, 6.07) is 10.9. The second-order valence-corrected chi connectivity index (χ2v) is 9.28. The number of hydrogen-bond acceptors (Lipinski definition) is 5. The molecule has 1 aliphatic rings. The molecular formula is C30H32N2O5. The summed E-state index contributed by atoms with van der Waals surface area (Å²) in [4.78, 5) is 30.6. The normalized spacial score (nSPS) is 15.4. The lowest BCUT2D eigenvalue weighted by molar-refractivity contribution is -0.149. The molecule has 0 fully saturated rings. The molecule has 7 heteroatoms. The first-order valence-electron chi connectivity index (χ1n) is 12.4. The van der Waals surface area contributed by atoms with Crippen LogP contribution in [0, 0.1) is 20.8 Å². The van der Waals surface area contributed by atoms with Gasteiger partial charge >= 0.3 is 5.97 Å². The average molecular weight is 501 g/mol. The van der Waals surface area contributed by atoms with Gasteiger partial charge in [-0.1, -0.05) is 42.0 Å². The monoisotopic (exact) mass is 500 g/mol. The Kier molecular flexibility index (Phi) is 7.92. The highest BCUT2D eigenvalue weighted by Gasteiger charge is 2.33. The van der Waals surface area contributed by atoms with Gasteiger partial charge in [-0.25, -0.2) is 9.78 Å². The Bertz CT molecular complexity index is 1370. The van der Waals surface area contributed by atoms with E-state index < -0.39 is 12.0 Å². The van der Waals surface area contributed by atoms with Gasteiger partial charge in [0.2, 0.25) is 11.8 Å². The van der Waals surface area contributed by atoms with Crippen molar-refractivity contribution in [3.63, 3.8) is 0 Å². The number of fused-ring (bicyclic) bond motifs is 1. The van der Waals surface area contributed by atoms with Crippen molar-refractivity contribution in [2.75, 3.05) is 6.61 Å². The van der Waals surface area contributed by atoms with Crippen LogP contribution in [0.25, 0.3) is 11.5 Å². The summed E-state index contributed by atoms with van der Waals surface area (Å²) < 4.78 is 11.9. The van der Waals surface area contributed by atoms with Gasteiger partial charge in [0.15, 0.2) is 0 Å². The van der Waals surface area contributed by atoms with Crippen molar-refractivity contribution >= 4 is 11.9 Å². The molecular weight excluding hydrogens is 468 g/mol. The predicted molar refractivity (Wildman–Crippen MR) is 141 cm³/mol. The van der Waals surface area contributed by atoms with E-state index in [0.29, 0.717) is 24.7 Å². The molecule has 1 N–H and O–H groups in total. The first-order valence-corrected chi connectivity index (χ1v) is 12.4. The zero-order chi connectivity index (χ0) is 26.5. The van der Waals surface area contributed by atoms with Crippen molar-refractivity contribution in [3.05, 3.63) is 94.4 Å². The maximum atomic E-state index is 12.7. The highest BCUT2D eigenvalue weighted by atomic mass is 16.5. The molecule has 1 amide bonds. The Morgan fingerprint density at radius 1 is 1.14 bits per heavy atom. The number of amides is 1. The lowest BCUT2D eigenvalue weighted by atomic mass is 9.93. The van der Waals surface area contributed by atoms with Crippen molar-refractivity contribution in [3.8, 4) is 17.2 Å². The topological polar surface area (TPSA) is 92.9 Å². The molecule has 0 radical (unpaired) electrons. The lowest BCUT2D eigenvalue weighted by Gasteiger charge is -2.34. The fraction of sp³-hybridized carbons (Fsp3) is 0.300. The number of carboxylic acid groups (broad SMARTS) is 1. The van der Waals surface area contributed by atoms with Gasteiger partial charge < -0.3 is 19.2 Å². The molecule has 0 spiro atoms. The molecule has 1 aromatic heterocycles. The third-order valence-electron chi connectivity index (χ3n) is 6.53. The maximum Gasteiger partial charge on any atom is 0.326 e. The van der Waals surface area contributed by atoms with Crippen LogP contribution in [-0.4, -0.2) is 39.5 Å². The van der Waals surface area contributed by atoms with Gasteiger partial charge in [0, 0.05) is 31.0 Å². The minimum atomic E-state index is -1.01. The standard InChI is InChI=1S/C30H32N2O5/c1-5-6-7-8-28(33)32-18-23-16-24(11-10-22(23)17-27(32)30(34)35)36-14-13-26-21(4)37-29(31-26)25-12-9-19(2)15-20(25)3/h5-12,15-16,27H,13-14,17-18H2,1-4H3,(H,34,35)/b6-5+,8-7+/t27-/m0/s1. The Labute approximate surface area is 217 Å². The molecule has 0 unspecified atom stereocenters. The van der Waals surface area contributed by atoms with Gasteiger partial charge in [0.25, 0.3) is 0 Å².